The Bertz CT molecular complexity index is 413. The third-order valence-electron chi connectivity index (χ3n) is 2.61. The van der Waals surface area contributed by atoms with Gasteiger partial charge in [0.05, 0.1) is 0 Å². The molecule has 0 aliphatic rings. The van der Waals surface area contributed by atoms with Crippen molar-refractivity contribution in [3.8, 4) is 0 Å². The summed E-state index contributed by atoms with van der Waals surface area (Å²) < 4.78 is 6.21. The lowest BCUT2D eigenvalue weighted by molar-refractivity contribution is 0.511. The summed E-state index contributed by atoms with van der Waals surface area (Å²) in [6.45, 7) is 8.75. The molecule has 0 saturated heterocycles. The number of benzene rings is 1. The maximum Gasteiger partial charge on any atom is 0.242 e. The summed E-state index contributed by atoms with van der Waals surface area (Å²) >= 11 is 0. The van der Waals surface area contributed by atoms with Crippen molar-refractivity contribution in [2.45, 2.75) is 45.8 Å². The number of allylic oxidation sites excluding steroid dienone is 3. The number of hydrogen-bond acceptors (Lipinski definition) is 1. The van der Waals surface area contributed by atoms with Crippen LogP contribution in [0.5, 0.6) is 0 Å². The fraction of sp³-hybridized carbons (Fsp3) is 0.412. The summed E-state index contributed by atoms with van der Waals surface area (Å²) in [5.41, 5.74) is 1.19. The summed E-state index contributed by atoms with van der Waals surface area (Å²) in [5.74, 6) is 1.06. The van der Waals surface area contributed by atoms with E-state index in [0.29, 0.717) is 0 Å². The lowest BCUT2D eigenvalue weighted by Crippen LogP contribution is -2.24. The minimum Gasteiger partial charge on any atom is -0.544 e. The van der Waals surface area contributed by atoms with Gasteiger partial charge < -0.3 is 4.43 Å². The molecule has 0 heterocycles. The SMILES string of the molecule is C/C=C/CCC/C=C(\O[Si](C)(C)C)c1ccccc1. The van der Waals surface area contributed by atoms with E-state index in [9.17, 15) is 0 Å². The fourth-order valence-corrected chi connectivity index (χ4v) is 2.65. The van der Waals surface area contributed by atoms with E-state index >= 15 is 0 Å². The molecule has 2 heteroatoms. The maximum absolute atomic E-state index is 6.21. The highest BCUT2D eigenvalue weighted by atomic mass is 28.4. The Balaban J connectivity index is 2.72. The van der Waals surface area contributed by atoms with Crippen molar-refractivity contribution in [3.63, 3.8) is 0 Å². The first-order chi connectivity index (χ1) is 9.03. The average Bonchev–Trinajstić information content (AvgIpc) is 2.37. The van der Waals surface area contributed by atoms with Crippen molar-refractivity contribution in [2.75, 3.05) is 0 Å². The van der Waals surface area contributed by atoms with Crippen LogP contribution in [0, 0.1) is 0 Å². The second-order valence-electron chi connectivity index (χ2n) is 5.65. The summed E-state index contributed by atoms with van der Waals surface area (Å²) in [6.07, 6.45) is 9.96. The molecule has 0 aliphatic heterocycles. The van der Waals surface area contributed by atoms with Gasteiger partial charge in [-0.05, 0) is 51.9 Å². The van der Waals surface area contributed by atoms with Crippen LogP contribution in [0.4, 0.5) is 0 Å². The average molecular weight is 274 g/mol. The van der Waals surface area contributed by atoms with Gasteiger partial charge >= 0.3 is 0 Å². The van der Waals surface area contributed by atoms with Crippen LogP contribution >= 0.6 is 0 Å². The molecule has 0 fully saturated rings. The zero-order valence-electron chi connectivity index (χ0n) is 12.6. The highest BCUT2D eigenvalue weighted by Crippen LogP contribution is 2.22. The van der Waals surface area contributed by atoms with Crippen LogP contribution in [-0.4, -0.2) is 8.32 Å². The minimum atomic E-state index is -1.56. The Morgan fingerprint density at radius 3 is 2.37 bits per heavy atom. The molecule has 0 bridgehead atoms. The van der Waals surface area contributed by atoms with Crippen molar-refractivity contribution < 1.29 is 4.43 Å². The van der Waals surface area contributed by atoms with Crippen molar-refractivity contribution in [2.24, 2.45) is 0 Å². The topological polar surface area (TPSA) is 9.23 Å². The molecule has 0 radical (unpaired) electrons. The second kappa shape index (κ2) is 8.00. The Hall–Kier alpha value is -1.28. The molecule has 0 amide bonds. The fourth-order valence-electron chi connectivity index (χ4n) is 1.79. The third kappa shape index (κ3) is 7.02. The first-order valence-electron chi connectivity index (χ1n) is 7.08. The normalized spacial score (nSPS) is 12.9. The molecule has 0 aromatic heterocycles. The molecule has 104 valence electrons. The number of unbranched alkanes of at least 4 members (excludes halogenated alkanes) is 2. The summed E-state index contributed by atoms with van der Waals surface area (Å²) in [4.78, 5) is 0. The molecular weight excluding hydrogens is 248 g/mol. The zero-order valence-corrected chi connectivity index (χ0v) is 13.6. The van der Waals surface area contributed by atoms with Crippen LogP contribution in [-0.2, 0) is 4.43 Å². The van der Waals surface area contributed by atoms with Crippen LogP contribution in [0.3, 0.4) is 0 Å². The molecule has 0 saturated carbocycles. The summed E-state index contributed by atoms with van der Waals surface area (Å²) in [6, 6.07) is 10.4. The minimum absolute atomic E-state index is 1.06. The Morgan fingerprint density at radius 1 is 1.11 bits per heavy atom. The molecule has 1 nitrogen and oxygen atoms in total. The van der Waals surface area contributed by atoms with Gasteiger partial charge in [0.15, 0.2) is 0 Å². The zero-order chi connectivity index (χ0) is 14.1. The predicted octanol–water partition coefficient (Wildman–Crippen LogP) is 5.63. The highest BCUT2D eigenvalue weighted by Gasteiger charge is 2.18. The van der Waals surface area contributed by atoms with E-state index in [4.69, 9.17) is 4.43 Å². The van der Waals surface area contributed by atoms with E-state index in [0.717, 1.165) is 18.6 Å². The first-order valence-corrected chi connectivity index (χ1v) is 10.5. The van der Waals surface area contributed by atoms with Gasteiger partial charge in [0.1, 0.15) is 5.76 Å². The Kier molecular flexibility index (Phi) is 6.64. The lowest BCUT2D eigenvalue weighted by Gasteiger charge is -2.22. The number of rotatable bonds is 7. The molecule has 1 aromatic carbocycles. The van der Waals surface area contributed by atoms with Crippen LogP contribution in [0.2, 0.25) is 19.6 Å². The standard InChI is InChI=1S/C17H26OSi/c1-5-6-7-8-12-15-17(18-19(2,3)4)16-13-10-9-11-14-16/h5-6,9-11,13-15H,7-8,12H2,1-4H3/b6-5+,17-15-. The molecule has 1 aromatic rings. The van der Waals surface area contributed by atoms with Crippen LogP contribution in [0.25, 0.3) is 5.76 Å². The molecule has 1 rings (SSSR count). The quantitative estimate of drug-likeness (QED) is 0.271. The van der Waals surface area contributed by atoms with E-state index in [1.54, 1.807) is 0 Å². The largest absolute Gasteiger partial charge is 0.544 e. The Labute approximate surface area is 119 Å². The van der Waals surface area contributed by atoms with Gasteiger partial charge in [-0.25, -0.2) is 0 Å². The molecule has 0 atom stereocenters. The molecule has 0 spiro atoms. The van der Waals surface area contributed by atoms with Gasteiger partial charge in [-0.15, -0.1) is 0 Å². The number of hydrogen-bond donors (Lipinski definition) is 0. The van der Waals surface area contributed by atoms with E-state index in [2.05, 4.69) is 69.1 Å². The van der Waals surface area contributed by atoms with Gasteiger partial charge in [-0.1, -0.05) is 42.5 Å². The van der Waals surface area contributed by atoms with Gasteiger partial charge in [0.2, 0.25) is 8.32 Å². The Morgan fingerprint density at radius 2 is 1.79 bits per heavy atom. The van der Waals surface area contributed by atoms with Gasteiger partial charge in [-0.2, -0.15) is 0 Å². The molecule has 19 heavy (non-hydrogen) atoms. The molecule has 0 N–H and O–H groups in total. The summed E-state index contributed by atoms with van der Waals surface area (Å²) in [7, 11) is -1.56. The first kappa shape index (κ1) is 15.8. The monoisotopic (exact) mass is 274 g/mol. The van der Waals surface area contributed by atoms with E-state index in [1.807, 2.05) is 6.07 Å². The van der Waals surface area contributed by atoms with Gasteiger partial charge in [-0.3, -0.25) is 0 Å². The van der Waals surface area contributed by atoms with Crippen molar-refractivity contribution >= 4 is 14.1 Å². The van der Waals surface area contributed by atoms with E-state index < -0.39 is 8.32 Å². The van der Waals surface area contributed by atoms with Crippen molar-refractivity contribution in [1.82, 2.24) is 0 Å². The molecular formula is C17H26OSi. The summed E-state index contributed by atoms with van der Waals surface area (Å²) in [5, 5.41) is 0. The van der Waals surface area contributed by atoms with Crippen LogP contribution < -0.4 is 0 Å². The smallest absolute Gasteiger partial charge is 0.242 e. The maximum atomic E-state index is 6.21. The third-order valence-corrected chi connectivity index (χ3v) is 3.45. The van der Waals surface area contributed by atoms with Crippen molar-refractivity contribution in [1.29, 1.82) is 0 Å². The lowest BCUT2D eigenvalue weighted by atomic mass is 10.1. The molecule has 0 aliphatic carbocycles. The second-order valence-corrected chi connectivity index (χ2v) is 10.1. The van der Waals surface area contributed by atoms with Gasteiger partial charge in [0.25, 0.3) is 0 Å². The van der Waals surface area contributed by atoms with Gasteiger partial charge in [0, 0.05) is 5.56 Å². The predicted molar refractivity (Wildman–Crippen MR) is 87.5 cm³/mol. The van der Waals surface area contributed by atoms with Crippen LogP contribution in [0.1, 0.15) is 31.7 Å². The van der Waals surface area contributed by atoms with E-state index in [-0.39, 0.29) is 0 Å². The van der Waals surface area contributed by atoms with Crippen molar-refractivity contribution in [3.05, 3.63) is 54.1 Å². The molecule has 0 unspecified atom stereocenters. The highest BCUT2D eigenvalue weighted by molar-refractivity contribution is 6.70. The van der Waals surface area contributed by atoms with E-state index in [1.165, 1.54) is 12.0 Å². The van der Waals surface area contributed by atoms with Crippen LogP contribution in [0.15, 0.2) is 48.6 Å².